The van der Waals surface area contributed by atoms with Crippen LogP contribution in [0, 0.1) is 24.0 Å². The largest absolute Gasteiger partial charge is 0.480 e. The lowest BCUT2D eigenvalue weighted by atomic mass is 9.98. The monoisotopic (exact) mass is 701 g/mol. The molecule has 0 saturated carbocycles. The van der Waals surface area contributed by atoms with Gasteiger partial charge >= 0.3 is 18.0 Å². The van der Waals surface area contributed by atoms with E-state index in [0.717, 1.165) is 28.3 Å². The van der Waals surface area contributed by atoms with Crippen molar-refractivity contribution >= 4 is 29.1 Å². The number of ether oxygens (including phenoxy) is 2. The standard InChI is InChI=1S/C32H31N9O10/c1-18-28-25(51-32(46)35-24(31(44)45)13-15-49-27(43)8-5-14-50-41(47)48)16-26(42)40(30(28)34-19(2)33-18)17-20-9-11-21(12-10-20)22-6-3-4-7-23(22)29-36-38-39-37-29/h3-4,6-7,9-12,16,24H,5,8,13-15,17H2,1-2H3,(H,35,46)(H,44,45)(H,36,37,38,39). The van der Waals surface area contributed by atoms with Crippen LogP contribution in [0.2, 0.25) is 0 Å². The summed E-state index contributed by atoms with van der Waals surface area (Å²) in [6, 6.07) is 14.7. The zero-order valence-corrected chi connectivity index (χ0v) is 27.3. The van der Waals surface area contributed by atoms with Crippen LogP contribution >= 0.6 is 0 Å². The van der Waals surface area contributed by atoms with Crippen molar-refractivity contribution in [3.63, 3.8) is 0 Å². The Morgan fingerprint density at radius 1 is 1.06 bits per heavy atom. The average molecular weight is 702 g/mol. The molecule has 3 heterocycles. The fourth-order valence-corrected chi connectivity index (χ4v) is 5.20. The molecule has 1 unspecified atom stereocenters. The summed E-state index contributed by atoms with van der Waals surface area (Å²) in [5.41, 5.74) is 3.40. The third kappa shape index (κ3) is 9.02. The molecule has 264 valence electrons. The predicted octanol–water partition coefficient (Wildman–Crippen LogP) is 2.77. The second kappa shape index (κ2) is 16.1. The second-order valence-electron chi connectivity index (χ2n) is 11.1. The predicted molar refractivity (Wildman–Crippen MR) is 176 cm³/mol. The number of rotatable bonds is 15. The zero-order chi connectivity index (χ0) is 36.5. The lowest BCUT2D eigenvalue weighted by molar-refractivity contribution is -0.757. The SMILES string of the molecule is Cc1nc(C)c2c(OC(=O)NC(CCOC(=O)CCCO[N+](=O)[O-])C(=O)O)cc(=O)n(Cc3ccc(-c4ccccc4-c4nn[nH]n4)cc3)c2n1. The first-order valence-electron chi connectivity index (χ1n) is 15.4. The number of esters is 1. The minimum Gasteiger partial charge on any atom is -0.480 e. The van der Waals surface area contributed by atoms with Gasteiger partial charge in [-0.3, -0.25) is 14.2 Å². The van der Waals surface area contributed by atoms with E-state index in [1.54, 1.807) is 13.8 Å². The molecule has 1 amide bonds. The quantitative estimate of drug-likeness (QED) is 0.0614. The van der Waals surface area contributed by atoms with Crippen molar-refractivity contribution in [3.8, 4) is 28.3 Å². The summed E-state index contributed by atoms with van der Waals surface area (Å²) >= 11 is 0. The Hall–Kier alpha value is -6.79. The first-order valence-corrected chi connectivity index (χ1v) is 15.4. The molecule has 0 aliphatic heterocycles. The van der Waals surface area contributed by atoms with Crippen LogP contribution in [-0.2, 0) is 25.7 Å². The number of amides is 1. The number of carbonyl (C=O) groups excluding carboxylic acids is 2. The number of hydrogen-bond donors (Lipinski definition) is 3. The number of nitrogens with zero attached hydrogens (tertiary/aromatic N) is 7. The molecule has 1 atom stereocenters. The number of H-pyrrole nitrogens is 1. The van der Waals surface area contributed by atoms with Crippen LogP contribution in [0.5, 0.6) is 5.75 Å². The van der Waals surface area contributed by atoms with Gasteiger partial charge in [-0.1, -0.05) is 48.5 Å². The second-order valence-corrected chi connectivity index (χ2v) is 11.1. The molecule has 3 N–H and O–H groups in total. The van der Waals surface area contributed by atoms with Crippen molar-refractivity contribution in [1.29, 1.82) is 0 Å². The molecular formula is C32H31N9O10. The number of pyridine rings is 1. The lowest BCUT2D eigenvalue weighted by Gasteiger charge is -2.17. The van der Waals surface area contributed by atoms with Crippen LogP contribution in [0.15, 0.2) is 59.4 Å². The van der Waals surface area contributed by atoms with Crippen molar-refractivity contribution in [2.24, 2.45) is 0 Å². The summed E-state index contributed by atoms with van der Waals surface area (Å²) in [5.74, 6) is -1.52. The first-order chi connectivity index (χ1) is 24.5. The zero-order valence-electron chi connectivity index (χ0n) is 27.3. The Bertz CT molecular complexity index is 2120. The smallest absolute Gasteiger partial charge is 0.413 e. The fourth-order valence-electron chi connectivity index (χ4n) is 5.20. The van der Waals surface area contributed by atoms with Gasteiger partial charge < -0.3 is 24.7 Å². The minimum absolute atomic E-state index is 0.0208. The molecule has 51 heavy (non-hydrogen) atoms. The minimum atomic E-state index is -1.52. The molecule has 19 nitrogen and oxygen atoms in total. The highest BCUT2D eigenvalue weighted by molar-refractivity contribution is 5.88. The lowest BCUT2D eigenvalue weighted by Crippen LogP contribution is -2.43. The van der Waals surface area contributed by atoms with Gasteiger partial charge in [-0.05, 0) is 42.2 Å². The molecule has 0 aliphatic rings. The highest BCUT2D eigenvalue weighted by atomic mass is 16.9. The molecule has 0 radical (unpaired) electrons. The highest BCUT2D eigenvalue weighted by Crippen LogP contribution is 2.30. The van der Waals surface area contributed by atoms with E-state index in [1.165, 1.54) is 4.57 Å². The molecular weight excluding hydrogens is 670 g/mol. The van der Waals surface area contributed by atoms with Gasteiger partial charge in [0, 0.05) is 24.5 Å². The van der Waals surface area contributed by atoms with Crippen molar-refractivity contribution in [1.82, 2.24) is 40.5 Å². The summed E-state index contributed by atoms with van der Waals surface area (Å²) in [6.45, 7) is 2.76. The molecule has 2 aromatic carbocycles. The number of hydrogen-bond acceptors (Lipinski definition) is 14. The number of aliphatic carboxylic acids is 1. The maximum atomic E-state index is 13.5. The van der Waals surface area contributed by atoms with E-state index in [9.17, 15) is 34.4 Å². The van der Waals surface area contributed by atoms with Crippen LogP contribution in [0.3, 0.4) is 0 Å². The summed E-state index contributed by atoms with van der Waals surface area (Å²) in [7, 11) is 0. The van der Waals surface area contributed by atoms with Gasteiger partial charge in [-0.2, -0.15) is 5.21 Å². The van der Waals surface area contributed by atoms with E-state index in [-0.39, 0.29) is 55.8 Å². The molecule has 0 bridgehead atoms. The topological polar surface area (TPSA) is 257 Å². The maximum Gasteiger partial charge on any atom is 0.413 e. The number of carboxylic acid groups (broad SMARTS) is 1. The number of aryl methyl sites for hydroxylation is 2. The molecule has 0 saturated heterocycles. The van der Waals surface area contributed by atoms with Crippen molar-refractivity contribution in [2.45, 2.75) is 45.7 Å². The van der Waals surface area contributed by atoms with Gasteiger partial charge in [0.2, 0.25) is 5.82 Å². The third-order valence-corrected chi connectivity index (χ3v) is 7.51. The third-order valence-electron chi connectivity index (χ3n) is 7.51. The van der Waals surface area contributed by atoms with Crippen LogP contribution in [0.4, 0.5) is 4.79 Å². The van der Waals surface area contributed by atoms with Gasteiger partial charge in [0.1, 0.15) is 11.9 Å². The summed E-state index contributed by atoms with van der Waals surface area (Å²) < 4.78 is 11.8. The number of carbonyl (C=O) groups is 3. The summed E-state index contributed by atoms with van der Waals surface area (Å²) in [6.07, 6.45) is -1.66. The van der Waals surface area contributed by atoms with E-state index in [2.05, 4.69) is 40.7 Å². The van der Waals surface area contributed by atoms with Crippen LogP contribution in [0.1, 0.15) is 36.3 Å². The van der Waals surface area contributed by atoms with E-state index in [0.29, 0.717) is 17.3 Å². The van der Waals surface area contributed by atoms with Crippen LogP contribution < -0.4 is 15.6 Å². The molecule has 0 aliphatic carbocycles. The molecule has 0 fully saturated rings. The van der Waals surface area contributed by atoms with Gasteiger partial charge in [0.15, 0.2) is 11.4 Å². The van der Waals surface area contributed by atoms with E-state index < -0.39 is 34.7 Å². The Labute approximate surface area is 287 Å². The number of fused-ring (bicyclic) bond motifs is 1. The fraction of sp³-hybridized carbons (Fsp3) is 0.281. The molecule has 3 aromatic heterocycles. The normalized spacial score (nSPS) is 11.5. The molecule has 5 rings (SSSR count). The van der Waals surface area contributed by atoms with E-state index in [1.807, 2.05) is 48.5 Å². The van der Waals surface area contributed by atoms with Crippen LogP contribution in [-0.4, -0.2) is 82.6 Å². The van der Waals surface area contributed by atoms with Gasteiger partial charge in [0.25, 0.3) is 10.6 Å². The van der Waals surface area contributed by atoms with Crippen molar-refractivity contribution in [2.75, 3.05) is 13.2 Å². The summed E-state index contributed by atoms with van der Waals surface area (Å²) in [5, 5.41) is 35.5. The molecule has 19 heteroatoms. The Morgan fingerprint density at radius 2 is 1.80 bits per heavy atom. The van der Waals surface area contributed by atoms with Gasteiger partial charge in [-0.25, -0.2) is 19.6 Å². The van der Waals surface area contributed by atoms with Gasteiger partial charge in [-0.15, -0.1) is 20.3 Å². The number of benzene rings is 2. The van der Waals surface area contributed by atoms with E-state index in [4.69, 9.17) is 9.47 Å². The number of aromatic amines is 1. The first kappa shape index (κ1) is 35.5. The maximum absolute atomic E-state index is 13.5. The number of carboxylic acids is 1. The summed E-state index contributed by atoms with van der Waals surface area (Å²) in [4.78, 5) is 73.1. The average Bonchev–Trinajstić information content (AvgIpc) is 3.63. The molecule has 0 spiro atoms. The van der Waals surface area contributed by atoms with E-state index >= 15 is 0 Å². The Balaban J connectivity index is 1.30. The number of nitrogens with one attached hydrogen (secondary N) is 2. The number of aromatic nitrogens is 7. The van der Waals surface area contributed by atoms with Crippen molar-refractivity contribution < 1.29 is 38.9 Å². The highest BCUT2D eigenvalue weighted by Gasteiger charge is 2.24. The Morgan fingerprint density at radius 3 is 2.49 bits per heavy atom. The van der Waals surface area contributed by atoms with Crippen LogP contribution in [0.25, 0.3) is 33.5 Å². The Kier molecular flexibility index (Phi) is 11.2. The van der Waals surface area contributed by atoms with Crippen molar-refractivity contribution in [3.05, 3.63) is 92.1 Å². The number of tetrazole rings is 1. The van der Waals surface area contributed by atoms with Gasteiger partial charge in [0.05, 0.1) is 30.8 Å². The molecule has 5 aromatic rings.